The zero-order chi connectivity index (χ0) is 17.1. The minimum atomic E-state index is -0.255. The van der Waals surface area contributed by atoms with Crippen LogP contribution in [-0.2, 0) is 20.8 Å². The molecule has 0 bridgehead atoms. The molecule has 1 fully saturated rings. The van der Waals surface area contributed by atoms with Gasteiger partial charge in [0, 0.05) is 13.7 Å². The molecule has 0 unspecified atom stereocenters. The molecule has 0 saturated carbocycles. The summed E-state index contributed by atoms with van der Waals surface area (Å²) in [6, 6.07) is 6.92. The number of carbonyl (C=O) groups is 1. The predicted molar refractivity (Wildman–Crippen MR) is 88.9 cm³/mol. The first-order valence-electron chi connectivity index (χ1n) is 7.96. The van der Waals surface area contributed by atoms with Crippen LogP contribution >= 0.6 is 0 Å². The lowest BCUT2D eigenvalue weighted by Gasteiger charge is -2.31. The largest absolute Gasteiger partial charge is 0.379 e. The molecule has 1 aliphatic rings. The van der Waals surface area contributed by atoms with E-state index < -0.39 is 0 Å². The van der Waals surface area contributed by atoms with Gasteiger partial charge in [-0.15, -0.1) is 0 Å². The van der Waals surface area contributed by atoms with Crippen molar-refractivity contribution in [1.82, 2.24) is 14.9 Å². The fourth-order valence-electron chi connectivity index (χ4n) is 3.00. The minimum Gasteiger partial charge on any atom is -0.379 e. The fourth-order valence-corrected chi connectivity index (χ4v) is 3.00. The molecule has 1 amide bonds. The zero-order valence-electron chi connectivity index (χ0n) is 13.8. The van der Waals surface area contributed by atoms with Crippen LogP contribution in [0.2, 0.25) is 0 Å². The number of nitrogens with one attached hydrogen (secondary N) is 1. The Kier molecular flexibility index (Phi) is 4.92. The van der Waals surface area contributed by atoms with E-state index in [-0.39, 0.29) is 30.2 Å². The SMILES string of the molecule is CO[C@@H]1CCOC[C@H]1NC(=O)Cn1c(C)nc2ccccc2c1=O. The summed E-state index contributed by atoms with van der Waals surface area (Å²) in [5.41, 5.74) is 0.424. The Balaban J connectivity index is 1.79. The summed E-state index contributed by atoms with van der Waals surface area (Å²) in [5.74, 6) is 0.256. The van der Waals surface area contributed by atoms with Crippen LogP contribution in [0.3, 0.4) is 0 Å². The molecule has 0 spiro atoms. The average Bonchev–Trinajstić information content (AvgIpc) is 2.59. The van der Waals surface area contributed by atoms with Crippen LogP contribution in [0.15, 0.2) is 29.1 Å². The zero-order valence-corrected chi connectivity index (χ0v) is 13.8. The number of nitrogens with zero attached hydrogens (tertiary/aromatic N) is 2. The van der Waals surface area contributed by atoms with Crippen molar-refractivity contribution in [1.29, 1.82) is 0 Å². The van der Waals surface area contributed by atoms with E-state index in [1.54, 1.807) is 32.2 Å². The lowest BCUT2D eigenvalue weighted by Crippen LogP contribution is -2.51. The molecule has 1 aromatic carbocycles. The summed E-state index contributed by atoms with van der Waals surface area (Å²) < 4.78 is 12.2. The first-order valence-corrected chi connectivity index (χ1v) is 7.96. The van der Waals surface area contributed by atoms with Gasteiger partial charge in [-0.1, -0.05) is 12.1 Å². The molecule has 3 rings (SSSR count). The van der Waals surface area contributed by atoms with E-state index in [4.69, 9.17) is 9.47 Å². The highest BCUT2D eigenvalue weighted by molar-refractivity contribution is 5.79. The third kappa shape index (κ3) is 3.32. The molecule has 1 N–H and O–H groups in total. The second-order valence-corrected chi connectivity index (χ2v) is 5.88. The van der Waals surface area contributed by atoms with Crippen molar-refractivity contribution in [3.05, 3.63) is 40.4 Å². The van der Waals surface area contributed by atoms with Crippen molar-refractivity contribution < 1.29 is 14.3 Å². The van der Waals surface area contributed by atoms with Gasteiger partial charge in [0.2, 0.25) is 5.91 Å². The third-order valence-corrected chi connectivity index (χ3v) is 4.30. The maximum absolute atomic E-state index is 12.6. The number of hydrogen-bond acceptors (Lipinski definition) is 5. The van der Waals surface area contributed by atoms with Gasteiger partial charge >= 0.3 is 0 Å². The fraction of sp³-hybridized carbons (Fsp3) is 0.471. The molecule has 7 heteroatoms. The van der Waals surface area contributed by atoms with Gasteiger partial charge < -0.3 is 14.8 Å². The number of methoxy groups -OCH3 is 1. The molecule has 0 aliphatic carbocycles. The van der Waals surface area contributed by atoms with Crippen LogP contribution in [0, 0.1) is 6.92 Å². The van der Waals surface area contributed by atoms with E-state index in [1.807, 2.05) is 6.07 Å². The molecule has 1 aromatic heterocycles. The number of fused-ring (bicyclic) bond motifs is 1. The van der Waals surface area contributed by atoms with E-state index in [2.05, 4.69) is 10.3 Å². The first kappa shape index (κ1) is 16.6. The van der Waals surface area contributed by atoms with Gasteiger partial charge in [-0.05, 0) is 25.5 Å². The van der Waals surface area contributed by atoms with Crippen LogP contribution in [0.1, 0.15) is 12.2 Å². The van der Waals surface area contributed by atoms with E-state index in [0.29, 0.717) is 29.9 Å². The lowest BCUT2D eigenvalue weighted by molar-refractivity contribution is -0.126. The number of hydrogen-bond donors (Lipinski definition) is 1. The molecular formula is C17H21N3O4. The molecule has 0 radical (unpaired) electrons. The van der Waals surface area contributed by atoms with Gasteiger partial charge in [-0.25, -0.2) is 4.98 Å². The highest BCUT2D eigenvalue weighted by Crippen LogP contribution is 2.11. The van der Waals surface area contributed by atoms with Crippen molar-refractivity contribution in [3.8, 4) is 0 Å². The van der Waals surface area contributed by atoms with Crippen molar-refractivity contribution >= 4 is 16.8 Å². The second kappa shape index (κ2) is 7.11. The van der Waals surface area contributed by atoms with Crippen LogP contribution in [0.4, 0.5) is 0 Å². The van der Waals surface area contributed by atoms with Gasteiger partial charge in [-0.2, -0.15) is 0 Å². The van der Waals surface area contributed by atoms with Crippen LogP contribution in [0.25, 0.3) is 10.9 Å². The molecule has 24 heavy (non-hydrogen) atoms. The number of aromatic nitrogens is 2. The summed E-state index contributed by atoms with van der Waals surface area (Å²) in [6.07, 6.45) is 0.660. The Bertz CT molecular complexity index is 802. The molecule has 128 valence electrons. The number of carbonyl (C=O) groups excluding carboxylic acids is 1. The Hall–Kier alpha value is -2.25. The number of ether oxygens (including phenoxy) is 2. The molecule has 2 heterocycles. The van der Waals surface area contributed by atoms with E-state index >= 15 is 0 Å². The van der Waals surface area contributed by atoms with Gasteiger partial charge in [0.05, 0.1) is 29.7 Å². The first-order chi connectivity index (χ1) is 11.6. The van der Waals surface area contributed by atoms with Crippen molar-refractivity contribution in [3.63, 3.8) is 0 Å². The maximum Gasteiger partial charge on any atom is 0.261 e. The van der Waals surface area contributed by atoms with E-state index in [0.717, 1.165) is 6.42 Å². The maximum atomic E-state index is 12.6. The van der Waals surface area contributed by atoms with Crippen molar-refractivity contribution in [2.24, 2.45) is 0 Å². The Morgan fingerprint density at radius 3 is 3.04 bits per heavy atom. The molecule has 1 aliphatic heterocycles. The van der Waals surface area contributed by atoms with E-state index in [9.17, 15) is 9.59 Å². The summed E-state index contributed by atoms with van der Waals surface area (Å²) in [4.78, 5) is 29.4. The standard InChI is InChI=1S/C17H21N3O4/c1-11-18-13-6-4-3-5-12(13)17(22)20(11)9-16(21)19-14-10-24-8-7-15(14)23-2/h3-6,14-15H,7-10H2,1-2H3,(H,19,21)/t14-,15-/m1/s1. The van der Waals surface area contributed by atoms with Crippen LogP contribution < -0.4 is 10.9 Å². The third-order valence-electron chi connectivity index (χ3n) is 4.30. The molecule has 7 nitrogen and oxygen atoms in total. The number of amides is 1. The Morgan fingerprint density at radius 1 is 1.46 bits per heavy atom. The van der Waals surface area contributed by atoms with Gasteiger partial charge in [-0.3, -0.25) is 14.2 Å². The Morgan fingerprint density at radius 2 is 2.25 bits per heavy atom. The number of para-hydroxylation sites is 1. The summed E-state index contributed by atoms with van der Waals surface area (Å²) in [6.45, 7) is 2.68. The summed E-state index contributed by atoms with van der Waals surface area (Å²) in [5, 5.41) is 3.40. The van der Waals surface area contributed by atoms with E-state index in [1.165, 1.54) is 4.57 Å². The molecule has 2 aromatic rings. The van der Waals surface area contributed by atoms with Crippen LogP contribution in [-0.4, -0.2) is 47.9 Å². The average molecular weight is 331 g/mol. The summed E-state index contributed by atoms with van der Waals surface area (Å²) >= 11 is 0. The Labute approximate surface area is 139 Å². The smallest absolute Gasteiger partial charge is 0.261 e. The monoisotopic (exact) mass is 331 g/mol. The number of rotatable bonds is 4. The van der Waals surface area contributed by atoms with Gasteiger partial charge in [0.1, 0.15) is 12.4 Å². The topological polar surface area (TPSA) is 82.4 Å². The van der Waals surface area contributed by atoms with Gasteiger partial charge in [0.25, 0.3) is 5.56 Å². The summed E-state index contributed by atoms with van der Waals surface area (Å²) in [7, 11) is 1.62. The molecule has 1 saturated heterocycles. The normalized spacial score (nSPS) is 20.9. The van der Waals surface area contributed by atoms with Crippen molar-refractivity contribution in [2.75, 3.05) is 20.3 Å². The highest BCUT2D eigenvalue weighted by Gasteiger charge is 2.27. The molecule has 2 atom stereocenters. The lowest BCUT2D eigenvalue weighted by atomic mass is 10.1. The second-order valence-electron chi connectivity index (χ2n) is 5.88. The number of benzene rings is 1. The highest BCUT2D eigenvalue weighted by atomic mass is 16.5. The van der Waals surface area contributed by atoms with Crippen molar-refractivity contribution in [2.45, 2.75) is 32.0 Å². The predicted octanol–water partition coefficient (Wildman–Crippen LogP) is 0.625. The van der Waals surface area contributed by atoms with Gasteiger partial charge in [0.15, 0.2) is 0 Å². The van der Waals surface area contributed by atoms with Crippen LogP contribution in [0.5, 0.6) is 0 Å². The minimum absolute atomic E-state index is 0.0738. The molecular weight excluding hydrogens is 310 g/mol. The number of aryl methyl sites for hydroxylation is 1. The quantitative estimate of drug-likeness (QED) is 0.888.